The third kappa shape index (κ3) is 3.00. The highest BCUT2D eigenvalue weighted by Gasteiger charge is 2.11. The van der Waals surface area contributed by atoms with E-state index in [2.05, 4.69) is 9.89 Å². The van der Waals surface area contributed by atoms with Gasteiger partial charge in [-0.3, -0.25) is 4.79 Å². The molecule has 1 amide bonds. The molecule has 0 bridgehead atoms. The Hall–Kier alpha value is -2.04. The fraction of sp³-hybridized carbons (Fsp3) is 0.385. The lowest BCUT2D eigenvalue weighted by Gasteiger charge is -2.28. The number of guanidine groups is 1. The maximum Gasteiger partial charge on any atom is 0.280 e. The topological polar surface area (TPSA) is 84.7 Å². The number of aliphatic imine (C=N–C) groups is 1. The summed E-state index contributed by atoms with van der Waals surface area (Å²) in [4.78, 5) is 17.4. The molecule has 5 heteroatoms. The van der Waals surface area contributed by atoms with Crippen LogP contribution >= 0.6 is 0 Å². The molecule has 0 saturated carbocycles. The first-order chi connectivity index (χ1) is 8.66. The first kappa shape index (κ1) is 12.4. The quantitative estimate of drug-likeness (QED) is 0.604. The molecular formula is C13H18N4O. The summed E-state index contributed by atoms with van der Waals surface area (Å²) >= 11 is 0. The first-order valence-corrected chi connectivity index (χ1v) is 6.16. The Balaban J connectivity index is 2.09. The molecule has 1 aromatic carbocycles. The standard InChI is InChI=1S/C13H18N4O/c14-13(15)16-12(18)10-4-6-11(7-5-10)17-8-2-1-3-9-17/h4-7H,1-3,8-9H2,(H4,14,15,16,18). The SMILES string of the molecule is NC(N)=NC(=O)c1ccc(N2CCCCC2)cc1. The number of amides is 1. The summed E-state index contributed by atoms with van der Waals surface area (Å²) in [5, 5.41) is 0. The summed E-state index contributed by atoms with van der Waals surface area (Å²) in [5.74, 6) is -0.611. The zero-order valence-corrected chi connectivity index (χ0v) is 10.3. The second kappa shape index (κ2) is 5.53. The van der Waals surface area contributed by atoms with Gasteiger partial charge in [0.2, 0.25) is 0 Å². The molecule has 1 fully saturated rings. The molecule has 18 heavy (non-hydrogen) atoms. The second-order valence-electron chi connectivity index (χ2n) is 4.44. The summed E-state index contributed by atoms with van der Waals surface area (Å²) in [6.45, 7) is 2.17. The van der Waals surface area contributed by atoms with Crippen LogP contribution in [0.2, 0.25) is 0 Å². The third-order valence-electron chi connectivity index (χ3n) is 3.07. The van der Waals surface area contributed by atoms with Crippen LogP contribution in [0.1, 0.15) is 29.6 Å². The number of carbonyl (C=O) groups excluding carboxylic acids is 1. The Morgan fingerprint density at radius 3 is 2.22 bits per heavy atom. The minimum atomic E-state index is -0.403. The van der Waals surface area contributed by atoms with Crippen LogP contribution in [-0.4, -0.2) is 25.0 Å². The maximum absolute atomic E-state index is 11.6. The van der Waals surface area contributed by atoms with Gasteiger partial charge in [0, 0.05) is 24.3 Å². The molecular weight excluding hydrogens is 228 g/mol. The van der Waals surface area contributed by atoms with Crippen LogP contribution in [0.25, 0.3) is 0 Å². The second-order valence-corrected chi connectivity index (χ2v) is 4.44. The van der Waals surface area contributed by atoms with Crippen molar-refractivity contribution in [2.24, 2.45) is 16.5 Å². The lowest BCUT2D eigenvalue weighted by Crippen LogP contribution is -2.29. The van der Waals surface area contributed by atoms with E-state index in [-0.39, 0.29) is 5.96 Å². The molecule has 4 N–H and O–H groups in total. The average molecular weight is 246 g/mol. The molecule has 0 atom stereocenters. The van der Waals surface area contributed by atoms with Gasteiger partial charge < -0.3 is 16.4 Å². The fourth-order valence-corrected chi connectivity index (χ4v) is 2.15. The maximum atomic E-state index is 11.6. The van der Waals surface area contributed by atoms with E-state index in [1.54, 1.807) is 12.1 Å². The highest BCUT2D eigenvalue weighted by Crippen LogP contribution is 2.20. The van der Waals surface area contributed by atoms with Gasteiger partial charge in [0.15, 0.2) is 5.96 Å². The number of piperidine rings is 1. The molecule has 1 aliphatic heterocycles. The van der Waals surface area contributed by atoms with Crippen molar-refractivity contribution in [1.82, 2.24) is 0 Å². The summed E-state index contributed by atoms with van der Waals surface area (Å²) in [5.41, 5.74) is 12.0. The van der Waals surface area contributed by atoms with E-state index in [0.717, 1.165) is 18.8 Å². The Morgan fingerprint density at radius 1 is 1.06 bits per heavy atom. The summed E-state index contributed by atoms with van der Waals surface area (Å²) in [6.07, 6.45) is 3.76. The zero-order chi connectivity index (χ0) is 13.0. The number of carbonyl (C=O) groups is 1. The number of benzene rings is 1. The zero-order valence-electron chi connectivity index (χ0n) is 10.3. The third-order valence-corrected chi connectivity index (χ3v) is 3.07. The van der Waals surface area contributed by atoms with E-state index >= 15 is 0 Å². The van der Waals surface area contributed by atoms with Gasteiger partial charge in [-0.1, -0.05) is 0 Å². The van der Waals surface area contributed by atoms with Crippen LogP contribution < -0.4 is 16.4 Å². The molecule has 0 spiro atoms. The Kier molecular flexibility index (Phi) is 3.82. The summed E-state index contributed by atoms with van der Waals surface area (Å²) < 4.78 is 0. The van der Waals surface area contributed by atoms with Crippen LogP contribution in [-0.2, 0) is 0 Å². The molecule has 1 heterocycles. The van der Waals surface area contributed by atoms with Crippen molar-refractivity contribution in [2.45, 2.75) is 19.3 Å². The highest BCUT2D eigenvalue weighted by atomic mass is 16.1. The predicted octanol–water partition coefficient (Wildman–Crippen LogP) is 1.09. The van der Waals surface area contributed by atoms with E-state index in [1.807, 2.05) is 12.1 Å². The predicted molar refractivity (Wildman–Crippen MR) is 72.6 cm³/mol. The van der Waals surface area contributed by atoms with Crippen molar-refractivity contribution in [3.63, 3.8) is 0 Å². The van der Waals surface area contributed by atoms with Gasteiger partial charge in [0.05, 0.1) is 0 Å². The average Bonchev–Trinajstić information content (AvgIpc) is 2.39. The molecule has 0 aromatic heterocycles. The molecule has 1 saturated heterocycles. The summed E-state index contributed by atoms with van der Waals surface area (Å²) in [6, 6.07) is 7.42. The highest BCUT2D eigenvalue weighted by molar-refractivity contribution is 6.02. The molecule has 5 nitrogen and oxygen atoms in total. The van der Waals surface area contributed by atoms with Gasteiger partial charge >= 0.3 is 0 Å². The van der Waals surface area contributed by atoms with Gasteiger partial charge in [-0.2, -0.15) is 4.99 Å². The fourth-order valence-electron chi connectivity index (χ4n) is 2.15. The van der Waals surface area contributed by atoms with Crippen LogP contribution in [0.15, 0.2) is 29.3 Å². The lowest BCUT2D eigenvalue weighted by molar-refractivity contribution is 0.100. The van der Waals surface area contributed by atoms with Crippen molar-refractivity contribution in [2.75, 3.05) is 18.0 Å². The van der Waals surface area contributed by atoms with Gasteiger partial charge in [-0.25, -0.2) is 0 Å². The number of rotatable bonds is 2. The molecule has 0 unspecified atom stereocenters. The normalized spacial score (nSPS) is 15.2. The Morgan fingerprint density at radius 2 is 1.67 bits per heavy atom. The van der Waals surface area contributed by atoms with Crippen molar-refractivity contribution >= 4 is 17.6 Å². The number of nitrogens with two attached hydrogens (primary N) is 2. The molecule has 2 rings (SSSR count). The van der Waals surface area contributed by atoms with E-state index in [1.165, 1.54) is 19.3 Å². The minimum Gasteiger partial charge on any atom is -0.372 e. The van der Waals surface area contributed by atoms with Crippen LogP contribution in [0.3, 0.4) is 0 Å². The number of anilines is 1. The largest absolute Gasteiger partial charge is 0.372 e. The van der Waals surface area contributed by atoms with Crippen LogP contribution in [0.4, 0.5) is 5.69 Å². The van der Waals surface area contributed by atoms with E-state index in [4.69, 9.17) is 11.5 Å². The smallest absolute Gasteiger partial charge is 0.280 e. The molecule has 0 aliphatic carbocycles. The number of nitrogens with zero attached hydrogens (tertiary/aromatic N) is 2. The molecule has 1 aliphatic rings. The monoisotopic (exact) mass is 246 g/mol. The Bertz CT molecular complexity index is 443. The summed E-state index contributed by atoms with van der Waals surface area (Å²) in [7, 11) is 0. The van der Waals surface area contributed by atoms with Crippen molar-refractivity contribution < 1.29 is 4.79 Å². The van der Waals surface area contributed by atoms with E-state index in [0.29, 0.717) is 5.56 Å². The van der Waals surface area contributed by atoms with Gasteiger partial charge in [0.25, 0.3) is 5.91 Å². The van der Waals surface area contributed by atoms with Gasteiger partial charge in [0.1, 0.15) is 0 Å². The number of hydrogen-bond acceptors (Lipinski definition) is 2. The first-order valence-electron chi connectivity index (χ1n) is 6.16. The van der Waals surface area contributed by atoms with Crippen molar-refractivity contribution in [3.8, 4) is 0 Å². The minimum absolute atomic E-state index is 0.208. The molecule has 1 aromatic rings. The van der Waals surface area contributed by atoms with E-state index < -0.39 is 5.91 Å². The number of hydrogen-bond donors (Lipinski definition) is 2. The van der Waals surface area contributed by atoms with E-state index in [9.17, 15) is 4.79 Å². The van der Waals surface area contributed by atoms with Gasteiger partial charge in [-0.15, -0.1) is 0 Å². The molecule has 0 radical (unpaired) electrons. The Labute approximate surface area is 106 Å². The van der Waals surface area contributed by atoms with Crippen LogP contribution in [0.5, 0.6) is 0 Å². The molecule has 96 valence electrons. The van der Waals surface area contributed by atoms with Crippen molar-refractivity contribution in [3.05, 3.63) is 29.8 Å². The lowest BCUT2D eigenvalue weighted by atomic mass is 10.1. The van der Waals surface area contributed by atoms with Crippen LogP contribution in [0, 0.1) is 0 Å². The van der Waals surface area contributed by atoms with Crippen molar-refractivity contribution in [1.29, 1.82) is 0 Å². The van der Waals surface area contributed by atoms with Gasteiger partial charge in [-0.05, 0) is 43.5 Å².